The van der Waals surface area contributed by atoms with Gasteiger partial charge in [0.15, 0.2) is 12.6 Å². The maximum absolute atomic E-state index is 12.7. The molecule has 0 unspecified atom stereocenters. The largest absolute Gasteiger partial charge is 0.454 e. The molecule has 0 saturated carbocycles. The molecule has 0 spiro atoms. The Morgan fingerprint density at radius 2 is 1.80 bits per heavy atom. The third kappa shape index (κ3) is 3.47. The number of hydrogen-bond donors (Lipinski definition) is 0. The molecule has 2 heterocycles. The minimum Gasteiger partial charge on any atom is -0.454 e. The van der Waals surface area contributed by atoms with Gasteiger partial charge in [-0.2, -0.15) is 0 Å². The topological polar surface area (TPSA) is 71.1 Å². The van der Waals surface area contributed by atoms with Crippen molar-refractivity contribution in [2.45, 2.75) is 31.2 Å². The zero-order valence-corrected chi connectivity index (χ0v) is 16.3. The van der Waals surface area contributed by atoms with E-state index in [0.717, 1.165) is 17.4 Å². The van der Waals surface area contributed by atoms with Crippen LogP contribution in [0.15, 0.2) is 72.3 Å². The zero-order valence-electron chi connectivity index (χ0n) is 16.3. The van der Waals surface area contributed by atoms with Gasteiger partial charge < -0.3 is 23.7 Å². The minimum atomic E-state index is -0.788. The Morgan fingerprint density at radius 1 is 1.07 bits per heavy atom. The van der Waals surface area contributed by atoms with Crippen LogP contribution >= 0.6 is 0 Å². The van der Waals surface area contributed by atoms with Crippen molar-refractivity contribution in [3.05, 3.63) is 83.4 Å². The number of benzene rings is 2. The Labute approximate surface area is 174 Å². The van der Waals surface area contributed by atoms with Crippen LogP contribution in [0.2, 0.25) is 0 Å². The van der Waals surface area contributed by atoms with Gasteiger partial charge in [-0.1, -0.05) is 48.5 Å². The monoisotopic (exact) mass is 406 g/mol. The lowest BCUT2D eigenvalue weighted by Crippen LogP contribution is -2.54. The molecule has 2 aromatic carbocycles. The molecule has 0 amide bonds. The molecule has 2 aromatic rings. The lowest BCUT2D eigenvalue weighted by molar-refractivity contribution is -0.245. The van der Waals surface area contributed by atoms with Crippen LogP contribution in [0.1, 0.15) is 15.9 Å². The van der Waals surface area contributed by atoms with E-state index in [1.54, 1.807) is 24.3 Å². The van der Waals surface area contributed by atoms with E-state index >= 15 is 0 Å². The first-order chi connectivity index (χ1) is 14.7. The second-order valence-electron chi connectivity index (χ2n) is 7.76. The van der Waals surface area contributed by atoms with Crippen LogP contribution < -0.4 is 0 Å². The van der Waals surface area contributed by atoms with E-state index in [9.17, 15) is 9.59 Å². The molecule has 6 nitrogen and oxygen atoms in total. The van der Waals surface area contributed by atoms with Gasteiger partial charge in [0.25, 0.3) is 0 Å². The highest BCUT2D eigenvalue weighted by Gasteiger charge is 2.57. The van der Waals surface area contributed by atoms with Gasteiger partial charge in [-0.25, -0.2) is 4.79 Å². The Bertz CT molecular complexity index is 941. The van der Waals surface area contributed by atoms with Crippen LogP contribution in [0.25, 0.3) is 0 Å². The molecule has 2 fully saturated rings. The molecule has 3 aliphatic rings. The molecule has 154 valence electrons. The van der Waals surface area contributed by atoms with Crippen molar-refractivity contribution < 1.29 is 28.5 Å². The molecule has 1 aliphatic carbocycles. The second-order valence-corrected chi connectivity index (χ2v) is 7.76. The number of carbonyl (C=O) groups excluding carboxylic acids is 2. The van der Waals surface area contributed by atoms with E-state index < -0.39 is 30.6 Å². The summed E-state index contributed by atoms with van der Waals surface area (Å²) in [7, 11) is 0. The molecular formula is C24H22O6. The Kier molecular flexibility index (Phi) is 5.21. The van der Waals surface area contributed by atoms with Gasteiger partial charge in [0.2, 0.25) is 0 Å². The fourth-order valence-electron chi connectivity index (χ4n) is 4.59. The molecule has 6 heteroatoms. The average Bonchev–Trinajstić information content (AvgIpc) is 3.36. The first-order valence-electron chi connectivity index (χ1n) is 10.1. The van der Waals surface area contributed by atoms with Crippen molar-refractivity contribution >= 4 is 12.3 Å². The Hall–Kier alpha value is -2.80. The molecule has 6 atom stereocenters. The number of aldehydes is 1. The molecule has 0 radical (unpaired) electrons. The maximum Gasteiger partial charge on any atom is 0.338 e. The van der Waals surface area contributed by atoms with Crippen LogP contribution in [-0.2, 0) is 30.3 Å². The number of carbonyl (C=O) groups is 2. The predicted octanol–water partition coefficient (Wildman–Crippen LogP) is 2.92. The van der Waals surface area contributed by atoms with Crippen LogP contribution in [-0.4, -0.2) is 43.5 Å². The van der Waals surface area contributed by atoms with Crippen LogP contribution in [0.5, 0.6) is 0 Å². The minimum absolute atomic E-state index is 0.0875. The fraction of sp³-hybridized carbons (Fsp3) is 0.333. The summed E-state index contributed by atoms with van der Waals surface area (Å²) in [6.45, 7) is 0.741. The van der Waals surface area contributed by atoms with Gasteiger partial charge in [0.1, 0.15) is 12.2 Å². The fourth-order valence-corrected chi connectivity index (χ4v) is 4.59. The number of esters is 1. The first kappa shape index (κ1) is 19.2. The third-order valence-corrected chi connectivity index (χ3v) is 5.97. The first-order valence-corrected chi connectivity index (χ1v) is 10.1. The lowest BCUT2D eigenvalue weighted by atomic mass is 9.81. The van der Waals surface area contributed by atoms with Gasteiger partial charge in [0, 0.05) is 11.8 Å². The molecular weight excluding hydrogens is 384 g/mol. The molecule has 30 heavy (non-hydrogen) atoms. The number of hydrogen-bond acceptors (Lipinski definition) is 6. The van der Waals surface area contributed by atoms with Crippen LogP contribution in [0.4, 0.5) is 0 Å². The maximum atomic E-state index is 12.7. The van der Waals surface area contributed by atoms with Gasteiger partial charge in [-0.15, -0.1) is 0 Å². The molecule has 0 aromatic heterocycles. The van der Waals surface area contributed by atoms with Gasteiger partial charge in [0.05, 0.1) is 24.9 Å². The number of ether oxygens (including phenoxy) is 4. The van der Waals surface area contributed by atoms with Crippen LogP contribution in [0.3, 0.4) is 0 Å². The average molecular weight is 406 g/mol. The van der Waals surface area contributed by atoms with E-state index in [-0.39, 0.29) is 11.8 Å². The zero-order chi connectivity index (χ0) is 20.5. The van der Waals surface area contributed by atoms with Crippen molar-refractivity contribution in [1.82, 2.24) is 0 Å². The quantitative estimate of drug-likeness (QED) is 0.417. The summed E-state index contributed by atoms with van der Waals surface area (Å²) < 4.78 is 23.7. The SMILES string of the molecule is O=C[C@H]1O[C@@H]2OCC3=C[C@H](OC(=O)c4ccccc4)[C@H]([C@@H]1OCc1ccccc1)[C@@H]32. The van der Waals surface area contributed by atoms with Crippen molar-refractivity contribution in [2.75, 3.05) is 6.61 Å². The summed E-state index contributed by atoms with van der Waals surface area (Å²) >= 11 is 0. The van der Waals surface area contributed by atoms with E-state index in [1.807, 2.05) is 42.5 Å². The van der Waals surface area contributed by atoms with E-state index in [2.05, 4.69) is 0 Å². The van der Waals surface area contributed by atoms with Crippen molar-refractivity contribution in [1.29, 1.82) is 0 Å². The molecule has 2 aliphatic heterocycles. The summed E-state index contributed by atoms with van der Waals surface area (Å²) in [5, 5.41) is 0. The van der Waals surface area contributed by atoms with E-state index in [0.29, 0.717) is 18.8 Å². The van der Waals surface area contributed by atoms with Gasteiger partial charge in [-0.3, -0.25) is 0 Å². The lowest BCUT2D eigenvalue weighted by Gasteiger charge is -2.41. The van der Waals surface area contributed by atoms with Gasteiger partial charge >= 0.3 is 5.97 Å². The Morgan fingerprint density at radius 3 is 2.53 bits per heavy atom. The Balaban J connectivity index is 1.40. The molecule has 5 rings (SSSR count). The summed E-state index contributed by atoms with van der Waals surface area (Å²) in [6, 6.07) is 18.6. The van der Waals surface area contributed by atoms with E-state index in [1.165, 1.54) is 0 Å². The molecule has 0 N–H and O–H groups in total. The standard InChI is InChI=1S/C24H22O6/c25-12-19-22(27-13-15-7-3-1-4-8-15)21-18(11-17-14-28-24(30-19)20(17)21)29-23(26)16-9-5-2-6-10-16/h1-12,18-22,24H,13-14H2/t18-,19+,20+,21-,22+,24-/m0/s1. The number of rotatable bonds is 6. The van der Waals surface area contributed by atoms with E-state index in [4.69, 9.17) is 18.9 Å². The van der Waals surface area contributed by atoms with Gasteiger partial charge in [-0.05, 0) is 29.3 Å². The summed E-state index contributed by atoms with van der Waals surface area (Å²) in [5.41, 5.74) is 2.52. The molecule has 2 saturated heterocycles. The summed E-state index contributed by atoms with van der Waals surface area (Å²) in [6.07, 6.45) is 0.328. The highest BCUT2D eigenvalue weighted by atomic mass is 16.7. The highest BCUT2D eigenvalue weighted by molar-refractivity contribution is 5.89. The third-order valence-electron chi connectivity index (χ3n) is 5.97. The summed E-state index contributed by atoms with van der Waals surface area (Å²) in [5.74, 6) is -0.728. The second kappa shape index (κ2) is 8.14. The predicted molar refractivity (Wildman–Crippen MR) is 106 cm³/mol. The van der Waals surface area contributed by atoms with Crippen molar-refractivity contribution in [3.8, 4) is 0 Å². The van der Waals surface area contributed by atoms with Crippen LogP contribution in [0, 0.1) is 11.8 Å². The highest BCUT2D eigenvalue weighted by Crippen LogP contribution is 2.49. The van der Waals surface area contributed by atoms with Crippen molar-refractivity contribution in [2.24, 2.45) is 11.8 Å². The summed E-state index contributed by atoms with van der Waals surface area (Å²) in [4.78, 5) is 24.5. The normalized spacial score (nSPS) is 31.7. The smallest absolute Gasteiger partial charge is 0.338 e. The van der Waals surface area contributed by atoms with Crippen molar-refractivity contribution in [3.63, 3.8) is 0 Å². The molecule has 0 bridgehead atoms.